The van der Waals surface area contributed by atoms with Crippen LogP contribution in [0, 0.1) is 11.3 Å². The third kappa shape index (κ3) is 10.3. The Hall–Kier alpha value is -5.80. The maximum atomic E-state index is 15.1. The van der Waals surface area contributed by atoms with Gasteiger partial charge in [0, 0.05) is 68.4 Å². The van der Waals surface area contributed by atoms with Gasteiger partial charge in [0.1, 0.15) is 36.7 Å². The summed E-state index contributed by atoms with van der Waals surface area (Å²) >= 11 is 0. The molecule has 0 saturated carbocycles. The first kappa shape index (κ1) is 51.6. The molecule has 2 fully saturated rings. The van der Waals surface area contributed by atoms with Crippen molar-refractivity contribution in [3.8, 4) is 22.4 Å². The highest BCUT2D eigenvalue weighted by Gasteiger charge is 2.49. The van der Waals surface area contributed by atoms with Gasteiger partial charge in [-0.05, 0) is 115 Å². The number of aromatic nitrogens is 2. The molecule has 2 N–H and O–H groups in total. The average Bonchev–Trinajstić information content (AvgIpc) is 3.92. The molecule has 0 radical (unpaired) electrons. The number of hydrazine groups is 1. The predicted octanol–water partition coefficient (Wildman–Crippen LogP) is 8.49. The molecular formula is C57H71FN6O7. The summed E-state index contributed by atoms with van der Waals surface area (Å²) in [5, 5.41) is 5.52. The lowest BCUT2D eigenvalue weighted by Gasteiger charge is -2.42. The van der Waals surface area contributed by atoms with E-state index in [4.69, 9.17) is 19.2 Å². The maximum absolute atomic E-state index is 15.1. The Morgan fingerprint density at radius 3 is 2.49 bits per heavy atom. The molecule has 13 nitrogen and oxygen atoms in total. The van der Waals surface area contributed by atoms with Crippen molar-refractivity contribution in [1.29, 1.82) is 0 Å². The molecule has 71 heavy (non-hydrogen) atoms. The number of amides is 3. The monoisotopic (exact) mass is 971 g/mol. The third-order valence-corrected chi connectivity index (χ3v) is 15.1. The van der Waals surface area contributed by atoms with Crippen LogP contribution in [0.5, 0.6) is 0 Å². The van der Waals surface area contributed by atoms with Crippen molar-refractivity contribution in [2.24, 2.45) is 11.3 Å². The molecule has 0 unspecified atom stereocenters. The van der Waals surface area contributed by atoms with E-state index in [0.717, 1.165) is 56.4 Å². The molecule has 3 aliphatic heterocycles. The van der Waals surface area contributed by atoms with Crippen LogP contribution in [-0.2, 0) is 64.9 Å². The van der Waals surface area contributed by atoms with Gasteiger partial charge in [-0.2, -0.15) is 0 Å². The minimum atomic E-state index is -1.23. The second-order valence-corrected chi connectivity index (χ2v) is 21.3. The lowest BCUT2D eigenvalue weighted by molar-refractivity contribution is -0.151. The number of aryl methyl sites for hydroxylation is 1. The fourth-order valence-corrected chi connectivity index (χ4v) is 11.2. The molecule has 0 spiro atoms. The minimum absolute atomic E-state index is 0.00193. The number of halogens is 1. The highest BCUT2D eigenvalue weighted by atomic mass is 19.1. The topological polar surface area (TPSA) is 144 Å². The van der Waals surface area contributed by atoms with Gasteiger partial charge < -0.3 is 33.8 Å². The number of pyridine rings is 1. The van der Waals surface area contributed by atoms with Crippen LogP contribution in [0.3, 0.4) is 0 Å². The second-order valence-electron chi connectivity index (χ2n) is 21.3. The Kier molecular flexibility index (Phi) is 15.3. The number of fused-ring (bicyclic) bond motifs is 6. The molecule has 8 rings (SSSR count). The number of alkyl halides is 1. The minimum Gasteiger partial charge on any atom is -0.378 e. The number of nitrogens with one attached hydrogen (secondary N) is 2. The van der Waals surface area contributed by atoms with E-state index >= 15 is 9.18 Å². The van der Waals surface area contributed by atoms with Crippen LogP contribution < -0.4 is 10.7 Å². The molecule has 5 heterocycles. The summed E-state index contributed by atoms with van der Waals surface area (Å²) in [5.41, 5.74) is 9.53. The summed E-state index contributed by atoms with van der Waals surface area (Å²) in [6, 6.07) is 23.5. The van der Waals surface area contributed by atoms with Gasteiger partial charge in [-0.1, -0.05) is 83.1 Å². The van der Waals surface area contributed by atoms with E-state index in [0.29, 0.717) is 56.6 Å². The quantitative estimate of drug-likeness (QED) is 0.118. The Balaban J connectivity index is 1.22. The summed E-state index contributed by atoms with van der Waals surface area (Å²) in [6.07, 6.45) is 3.64. The van der Waals surface area contributed by atoms with Gasteiger partial charge in [-0.3, -0.25) is 24.4 Å². The number of aldehydes is 1. The number of rotatable bonds is 12. The van der Waals surface area contributed by atoms with E-state index in [1.807, 2.05) is 76.2 Å². The average molecular weight is 971 g/mol. The third-order valence-electron chi connectivity index (χ3n) is 15.1. The summed E-state index contributed by atoms with van der Waals surface area (Å²) in [4.78, 5) is 63.9. The molecular weight excluding hydrogens is 900 g/mol. The van der Waals surface area contributed by atoms with Gasteiger partial charge in [0.05, 0.1) is 30.7 Å². The Labute approximate surface area is 417 Å². The fourth-order valence-electron chi connectivity index (χ4n) is 11.2. The van der Waals surface area contributed by atoms with Crippen LogP contribution in [0.4, 0.5) is 4.39 Å². The van der Waals surface area contributed by atoms with Gasteiger partial charge in [0.15, 0.2) is 0 Å². The van der Waals surface area contributed by atoms with Crippen LogP contribution in [0.25, 0.3) is 33.3 Å². The predicted molar refractivity (Wildman–Crippen MR) is 273 cm³/mol. The molecule has 2 saturated heterocycles. The number of nitrogens with zero attached hydrogens (tertiary/aromatic N) is 4. The SMILES string of the molecule is CCn1c(-c2cccnc2[C@H](C)OC)c2c3cc(ccc31)-c1cc(CF)cc(c1)C[C@H](NC(=O)[C@H](C(C)C)N(C)C(=O)[C@@H]1OCC[C@@]1(C)c1ccccc1)C(=O)N1CCC[C@](C=O)(COCC(C)(C)C2)N1. The zero-order valence-electron chi connectivity index (χ0n) is 42.8. The number of hydrogen-bond acceptors (Lipinski definition) is 9. The summed E-state index contributed by atoms with van der Waals surface area (Å²) in [6.45, 7) is 15.0. The number of carbonyl (C=O) groups excluding carboxylic acids is 4. The van der Waals surface area contributed by atoms with Gasteiger partial charge in [-0.25, -0.2) is 9.82 Å². The molecule has 14 heteroatoms. The van der Waals surface area contributed by atoms with E-state index in [9.17, 15) is 14.4 Å². The van der Waals surface area contributed by atoms with E-state index in [2.05, 4.69) is 60.3 Å². The van der Waals surface area contributed by atoms with E-state index < -0.39 is 53.0 Å². The maximum Gasteiger partial charge on any atom is 0.259 e. The Bertz CT molecular complexity index is 2760. The van der Waals surface area contributed by atoms with E-state index in [1.54, 1.807) is 26.4 Å². The standard InChI is InChI=1S/C57H71FN6O7/c1-10-63-47-20-19-40-30-44(47)45(50(63)43-18-14-23-59-48(43)37(4)69-9)31-55(5,6)34-70-35-57(33-65)21-15-24-64(61-57)53(67)46(29-38-26-39(32-58)28-41(40)27-38)60-52(66)49(36(2)3)62(8)54(68)51-56(7,22-25-71-51)42-16-12-11-13-17-42/h11-14,16-20,23,26-28,30,33,36-37,46,49,51,61H,10,15,21-22,24-25,29,31-32,34-35H2,1-9H3,(H,60,66)/t37-,46-,49-,51-,56-,57-/m0/s1. The molecule has 3 aromatic carbocycles. The molecule has 3 amide bonds. The lowest BCUT2D eigenvalue weighted by Crippen LogP contribution is -2.66. The molecule has 0 aliphatic carbocycles. The highest BCUT2D eigenvalue weighted by molar-refractivity contribution is 5.96. The normalized spacial score (nSPS) is 23.5. The van der Waals surface area contributed by atoms with Crippen LogP contribution >= 0.6 is 0 Å². The Morgan fingerprint density at radius 2 is 1.79 bits per heavy atom. The Morgan fingerprint density at radius 1 is 1.01 bits per heavy atom. The van der Waals surface area contributed by atoms with Crippen molar-refractivity contribution in [1.82, 2.24) is 30.2 Å². The number of ether oxygens (including phenoxy) is 3. The molecule has 5 aromatic rings. The summed E-state index contributed by atoms with van der Waals surface area (Å²) in [7, 11) is 3.30. The molecule has 3 aliphatic rings. The highest BCUT2D eigenvalue weighted by Crippen LogP contribution is 2.43. The largest absolute Gasteiger partial charge is 0.378 e. The number of carbonyl (C=O) groups is 4. The van der Waals surface area contributed by atoms with Gasteiger partial charge >= 0.3 is 0 Å². The first-order valence-corrected chi connectivity index (χ1v) is 25.2. The molecule has 6 bridgehead atoms. The van der Waals surface area contributed by atoms with Crippen LogP contribution in [0.15, 0.2) is 85.1 Å². The first-order valence-electron chi connectivity index (χ1n) is 25.2. The molecule has 2 aromatic heterocycles. The van der Waals surface area contributed by atoms with Gasteiger partial charge in [-0.15, -0.1) is 0 Å². The zero-order valence-corrected chi connectivity index (χ0v) is 42.8. The summed E-state index contributed by atoms with van der Waals surface area (Å²) in [5.74, 6) is -1.69. The van der Waals surface area contributed by atoms with Crippen molar-refractivity contribution >= 4 is 34.9 Å². The number of benzene rings is 3. The molecule has 6 atom stereocenters. The van der Waals surface area contributed by atoms with E-state index in [1.165, 1.54) is 9.91 Å². The van der Waals surface area contributed by atoms with Crippen LogP contribution in [-0.4, -0.2) is 108 Å². The summed E-state index contributed by atoms with van der Waals surface area (Å²) < 4.78 is 35.9. The fraction of sp³-hybridized carbons (Fsp3) is 0.491. The second kappa shape index (κ2) is 21.1. The van der Waals surface area contributed by atoms with E-state index in [-0.39, 0.29) is 37.5 Å². The first-order chi connectivity index (χ1) is 34.0. The van der Waals surface area contributed by atoms with Gasteiger partial charge in [0.25, 0.3) is 11.8 Å². The van der Waals surface area contributed by atoms with Crippen molar-refractivity contribution < 1.29 is 37.8 Å². The zero-order chi connectivity index (χ0) is 50.8. The smallest absolute Gasteiger partial charge is 0.259 e. The number of methoxy groups -OCH3 is 1. The number of hydrogen-bond donors (Lipinski definition) is 2. The van der Waals surface area contributed by atoms with Crippen molar-refractivity contribution in [2.75, 3.05) is 40.5 Å². The van der Waals surface area contributed by atoms with Crippen molar-refractivity contribution in [3.63, 3.8) is 0 Å². The van der Waals surface area contributed by atoms with Crippen LogP contribution in [0.2, 0.25) is 0 Å². The number of likely N-dealkylation sites (N-methyl/N-ethyl adjacent to an activating group) is 1. The van der Waals surface area contributed by atoms with Crippen molar-refractivity contribution in [2.45, 2.75) is 129 Å². The van der Waals surface area contributed by atoms with Crippen LogP contribution in [0.1, 0.15) is 102 Å². The van der Waals surface area contributed by atoms with Gasteiger partial charge in [0.2, 0.25) is 5.91 Å². The molecule has 378 valence electrons. The lowest BCUT2D eigenvalue weighted by atomic mass is 9.76. The van der Waals surface area contributed by atoms with Crippen molar-refractivity contribution in [3.05, 3.63) is 113 Å².